The summed E-state index contributed by atoms with van der Waals surface area (Å²) < 4.78 is 38.4. The molecule has 33 heavy (non-hydrogen) atoms. The maximum Gasteiger partial charge on any atom is 0.306 e. The van der Waals surface area contributed by atoms with Crippen LogP contribution in [-0.2, 0) is 38.0 Å². The summed E-state index contributed by atoms with van der Waals surface area (Å²) in [7, 11) is 1.21. The molecule has 0 aliphatic rings. The van der Waals surface area contributed by atoms with Gasteiger partial charge in [-0.25, -0.2) is 0 Å². The fourth-order valence-electron chi connectivity index (χ4n) is 2.10. The monoisotopic (exact) mass is 501 g/mol. The van der Waals surface area contributed by atoms with Crippen molar-refractivity contribution < 1.29 is 53.3 Å². The molecule has 1 amide bonds. The van der Waals surface area contributed by atoms with E-state index in [1.165, 1.54) is 7.11 Å². The number of carbonyl (C=O) groups is 2. The van der Waals surface area contributed by atoms with Gasteiger partial charge in [-0.2, -0.15) is 0 Å². The minimum atomic E-state index is -1.01. The van der Waals surface area contributed by atoms with Gasteiger partial charge in [0.25, 0.3) is 0 Å². The lowest BCUT2D eigenvalue weighted by atomic mass is 10.2. The Hall–Kier alpha value is -1.37. The molecule has 5 atom stereocenters. The van der Waals surface area contributed by atoms with Crippen LogP contribution in [0.15, 0.2) is 12.3 Å². The maximum atomic E-state index is 11.9. The topological polar surface area (TPSA) is 162 Å². The van der Waals surface area contributed by atoms with Crippen molar-refractivity contribution in [2.75, 3.05) is 59.6 Å². The zero-order valence-electron chi connectivity index (χ0n) is 20.2. The lowest BCUT2D eigenvalue weighted by Crippen LogP contribution is -2.36. The number of hydrogen-bond donors (Lipinski definition) is 4. The lowest BCUT2D eigenvalue weighted by molar-refractivity contribution is -0.229. The molecule has 0 rings (SSSR count). The van der Waals surface area contributed by atoms with Gasteiger partial charge in [0, 0.05) is 26.1 Å². The molecule has 13 heteroatoms. The molecule has 0 heterocycles. The van der Waals surface area contributed by atoms with Gasteiger partial charge in [0.05, 0.1) is 40.7 Å². The normalized spacial score (nSPS) is 15.5. The highest BCUT2D eigenvalue weighted by atomic mass is 31.0. The first-order valence-corrected chi connectivity index (χ1v) is 11.1. The Morgan fingerprint density at radius 1 is 1.03 bits per heavy atom. The van der Waals surface area contributed by atoms with Crippen LogP contribution in [0, 0.1) is 5.92 Å². The standard InChI is InChI=1S/C20H38NO11P/c1-14(7-22)10-29-19(9-24)32-16(8-23)11-30-20(27-3)12-28-18(26)5-4-17(25)21-6-15(2)31-13-33/h14,16,19-20,22-24H,2,4-13,33H2,1,3H3,(H,21,25)/i33T. The summed E-state index contributed by atoms with van der Waals surface area (Å²) in [5.74, 6) is -0.829. The number of ether oxygens (including phenoxy) is 6. The SMILES string of the molecule is [3H]PCOC(=C)CNC(=O)CCC(=O)OCC(OC)OCC(CO)OC(CO)OCC(C)CO. The first-order valence-electron chi connectivity index (χ1n) is 10.9. The van der Waals surface area contributed by atoms with Crippen LogP contribution in [0.4, 0.5) is 0 Å². The Bertz CT molecular complexity index is 573. The maximum absolute atomic E-state index is 11.9. The summed E-state index contributed by atoms with van der Waals surface area (Å²) in [6.07, 6.45) is -2.84. The average molecular weight is 502 g/mol. The van der Waals surface area contributed by atoms with Gasteiger partial charge in [0.15, 0.2) is 12.6 Å². The van der Waals surface area contributed by atoms with Crippen LogP contribution in [-0.4, -0.2) is 107 Å². The van der Waals surface area contributed by atoms with E-state index in [4.69, 9.17) is 34.8 Å². The third-order valence-electron chi connectivity index (χ3n) is 4.00. The predicted molar refractivity (Wildman–Crippen MR) is 120 cm³/mol. The van der Waals surface area contributed by atoms with Crippen LogP contribution in [0.25, 0.3) is 0 Å². The van der Waals surface area contributed by atoms with Crippen molar-refractivity contribution in [1.29, 1.82) is 1.28 Å². The number of aliphatic hydroxyl groups is 3. The fourth-order valence-corrected chi connectivity index (χ4v) is 2.30. The second-order valence-corrected chi connectivity index (χ2v) is 7.25. The fraction of sp³-hybridized carbons (Fsp3) is 0.800. The highest BCUT2D eigenvalue weighted by Gasteiger charge is 2.20. The molecule has 0 bridgehead atoms. The first kappa shape index (κ1) is 29.7. The summed E-state index contributed by atoms with van der Waals surface area (Å²) >= 11 is 0. The molecular formula is C20H38NO11P. The van der Waals surface area contributed by atoms with E-state index in [0.29, 0.717) is 5.76 Å². The predicted octanol–water partition coefficient (Wildman–Crippen LogP) is -0.881. The Morgan fingerprint density at radius 3 is 2.36 bits per heavy atom. The van der Waals surface area contributed by atoms with Crippen molar-refractivity contribution in [2.24, 2.45) is 5.92 Å². The molecule has 0 aromatic heterocycles. The molecule has 12 nitrogen and oxygen atoms in total. The zero-order chi connectivity index (χ0) is 25.8. The van der Waals surface area contributed by atoms with Gasteiger partial charge >= 0.3 is 5.97 Å². The van der Waals surface area contributed by atoms with E-state index < -0.39 is 37.9 Å². The number of amides is 1. The molecule has 0 aliphatic heterocycles. The van der Waals surface area contributed by atoms with E-state index in [1.54, 1.807) is 6.92 Å². The van der Waals surface area contributed by atoms with Gasteiger partial charge in [0.2, 0.25) is 5.91 Å². The third kappa shape index (κ3) is 16.8. The minimum Gasteiger partial charge on any atom is -0.493 e. The number of nitrogens with one attached hydrogen (secondary N) is 1. The van der Waals surface area contributed by atoms with Gasteiger partial charge in [-0.1, -0.05) is 22.7 Å². The molecule has 0 aliphatic carbocycles. The molecule has 0 fully saturated rings. The van der Waals surface area contributed by atoms with E-state index in [2.05, 4.69) is 11.9 Å². The number of carbonyl (C=O) groups excluding carboxylic acids is 2. The molecule has 0 spiro atoms. The van der Waals surface area contributed by atoms with Crippen molar-refractivity contribution in [2.45, 2.75) is 38.4 Å². The second-order valence-electron chi connectivity index (χ2n) is 6.96. The van der Waals surface area contributed by atoms with E-state index in [1.807, 2.05) is 0 Å². The third-order valence-corrected chi connectivity index (χ3v) is 4.15. The molecule has 194 valence electrons. The van der Waals surface area contributed by atoms with Crippen molar-refractivity contribution in [3.8, 4) is 0 Å². The van der Waals surface area contributed by atoms with Crippen molar-refractivity contribution >= 4 is 21.1 Å². The summed E-state index contributed by atoms with van der Waals surface area (Å²) in [6, 6.07) is 0. The van der Waals surface area contributed by atoms with Gasteiger partial charge < -0.3 is 49.1 Å². The van der Waals surface area contributed by atoms with Crippen LogP contribution in [0.3, 0.4) is 0 Å². The molecule has 0 aromatic rings. The van der Waals surface area contributed by atoms with Crippen LogP contribution in [0.5, 0.6) is 0 Å². The molecule has 5 unspecified atom stereocenters. The van der Waals surface area contributed by atoms with Gasteiger partial charge in [-0.3, -0.25) is 9.59 Å². The summed E-state index contributed by atoms with van der Waals surface area (Å²) in [5.41, 5.74) is 0. The Morgan fingerprint density at radius 2 is 1.76 bits per heavy atom. The summed E-state index contributed by atoms with van der Waals surface area (Å²) in [6.45, 7) is 4.25. The number of hydrogen-bond acceptors (Lipinski definition) is 11. The molecule has 0 saturated heterocycles. The largest absolute Gasteiger partial charge is 0.493 e. The van der Waals surface area contributed by atoms with Crippen molar-refractivity contribution in [3.05, 3.63) is 12.3 Å². The number of rotatable bonds is 22. The van der Waals surface area contributed by atoms with Crippen LogP contribution in [0.2, 0.25) is 0 Å². The summed E-state index contributed by atoms with van der Waals surface area (Å²) in [5, 5.41) is 30.4. The van der Waals surface area contributed by atoms with E-state index in [-0.39, 0.29) is 73.2 Å². The Kier molecular flexibility index (Phi) is 18.0. The number of esters is 1. The minimum absolute atomic E-state index is 0.0815. The van der Waals surface area contributed by atoms with E-state index in [9.17, 15) is 19.8 Å². The average Bonchev–Trinajstić information content (AvgIpc) is 2.85. The number of methoxy groups -OCH3 is 1. The molecule has 0 aromatic carbocycles. The molecule has 0 radical (unpaired) electrons. The van der Waals surface area contributed by atoms with Crippen LogP contribution >= 0.6 is 9.18 Å². The van der Waals surface area contributed by atoms with Crippen LogP contribution < -0.4 is 5.32 Å². The second kappa shape index (κ2) is 20.0. The van der Waals surface area contributed by atoms with Crippen molar-refractivity contribution in [1.82, 2.24) is 5.32 Å². The summed E-state index contributed by atoms with van der Waals surface area (Å²) in [4.78, 5) is 23.6. The highest BCUT2D eigenvalue weighted by Crippen LogP contribution is 2.07. The number of aliphatic hydroxyl groups excluding tert-OH is 3. The lowest BCUT2D eigenvalue weighted by Gasteiger charge is -2.25. The zero-order valence-corrected chi connectivity index (χ0v) is 20.2. The van der Waals surface area contributed by atoms with Crippen molar-refractivity contribution in [3.63, 3.8) is 0 Å². The Labute approximate surface area is 198 Å². The van der Waals surface area contributed by atoms with E-state index in [0.717, 1.165) is 0 Å². The first-order chi connectivity index (χ1) is 16.3. The van der Waals surface area contributed by atoms with E-state index >= 15 is 0 Å². The van der Waals surface area contributed by atoms with Gasteiger partial charge in [-0.15, -0.1) is 0 Å². The quantitative estimate of drug-likeness (QED) is 0.0631. The molecular weight excluding hydrogens is 461 g/mol. The van der Waals surface area contributed by atoms with Crippen LogP contribution in [0.1, 0.15) is 19.8 Å². The smallest absolute Gasteiger partial charge is 0.306 e. The molecule has 4 N–H and O–H groups in total. The van der Waals surface area contributed by atoms with Gasteiger partial charge in [0.1, 0.15) is 24.8 Å². The Balaban J connectivity index is 4.23. The van der Waals surface area contributed by atoms with Gasteiger partial charge in [-0.05, 0) is 0 Å². The highest BCUT2D eigenvalue weighted by molar-refractivity contribution is 7.16. The molecule has 0 saturated carbocycles.